The van der Waals surface area contributed by atoms with Crippen LogP contribution in [0.5, 0.6) is 5.75 Å². The maximum absolute atomic E-state index is 9.32. The average Bonchev–Trinajstić information content (AvgIpc) is 2.27. The van der Waals surface area contributed by atoms with E-state index in [2.05, 4.69) is 0 Å². The number of nitrogens with zero attached hydrogens (tertiary/aromatic N) is 1. The smallest absolute Gasteiger partial charge is 0.120 e. The number of ether oxygens (including phenoxy) is 2. The molecule has 4 nitrogen and oxygen atoms in total. The highest BCUT2D eigenvalue weighted by molar-refractivity contribution is 5.36. The molecule has 1 rings (SSSR count). The van der Waals surface area contributed by atoms with Gasteiger partial charge in [-0.05, 0) is 18.2 Å². The summed E-state index contributed by atoms with van der Waals surface area (Å²) in [5.74, 6) is 0.573. The third kappa shape index (κ3) is 3.98. The van der Waals surface area contributed by atoms with E-state index in [0.29, 0.717) is 11.3 Å². The van der Waals surface area contributed by atoms with Gasteiger partial charge in [0.2, 0.25) is 0 Å². The Hall–Kier alpha value is -1.57. The molecule has 1 N–H and O–H groups in total. The van der Waals surface area contributed by atoms with Gasteiger partial charge < -0.3 is 14.6 Å². The number of methoxy groups -OCH3 is 1. The van der Waals surface area contributed by atoms with Gasteiger partial charge in [-0.3, -0.25) is 0 Å². The van der Waals surface area contributed by atoms with Gasteiger partial charge in [0.25, 0.3) is 0 Å². The number of nitriles is 1. The summed E-state index contributed by atoms with van der Waals surface area (Å²) in [5, 5.41) is 18.0. The molecule has 1 aromatic carbocycles. The van der Waals surface area contributed by atoms with Gasteiger partial charge in [0, 0.05) is 7.11 Å². The van der Waals surface area contributed by atoms with Crippen molar-refractivity contribution in [3.05, 3.63) is 29.8 Å². The SMILES string of the molecule is COCC(O)COc1cccc(C#N)c1. The Morgan fingerprint density at radius 1 is 1.47 bits per heavy atom. The van der Waals surface area contributed by atoms with Crippen LogP contribution in [0.3, 0.4) is 0 Å². The quantitative estimate of drug-likeness (QED) is 0.780. The molecule has 0 radical (unpaired) electrons. The molecule has 0 saturated heterocycles. The molecule has 1 atom stereocenters. The second-order valence-corrected chi connectivity index (χ2v) is 3.06. The molecule has 1 unspecified atom stereocenters. The third-order valence-corrected chi connectivity index (χ3v) is 1.76. The molecule has 0 bridgehead atoms. The summed E-state index contributed by atoms with van der Waals surface area (Å²) < 4.78 is 10.0. The maximum atomic E-state index is 9.32. The highest BCUT2D eigenvalue weighted by atomic mass is 16.5. The van der Waals surface area contributed by atoms with Gasteiger partial charge >= 0.3 is 0 Å². The fraction of sp³-hybridized carbons (Fsp3) is 0.364. The largest absolute Gasteiger partial charge is 0.491 e. The summed E-state index contributed by atoms with van der Waals surface area (Å²) in [5.41, 5.74) is 0.536. The number of benzene rings is 1. The van der Waals surface area contributed by atoms with E-state index in [4.69, 9.17) is 14.7 Å². The number of hydrogen-bond donors (Lipinski definition) is 1. The molecular weight excluding hydrogens is 194 g/mol. The van der Waals surface area contributed by atoms with Crippen molar-refractivity contribution >= 4 is 0 Å². The van der Waals surface area contributed by atoms with E-state index in [0.717, 1.165) is 0 Å². The van der Waals surface area contributed by atoms with Gasteiger partial charge in [-0.15, -0.1) is 0 Å². The normalized spacial score (nSPS) is 11.8. The average molecular weight is 207 g/mol. The Morgan fingerprint density at radius 3 is 2.93 bits per heavy atom. The topological polar surface area (TPSA) is 62.5 Å². The standard InChI is InChI=1S/C11H13NO3/c1-14-7-10(13)8-15-11-4-2-3-9(5-11)6-12/h2-5,10,13H,7-8H2,1H3. The lowest BCUT2D eigenvalue weighted by Crippen LogP contribution is -2.22. The zero-order chi connectivity index (χ0) is 11.1. The van der Waals surface area contributed by atoms with Crippen molar-refractivity contribution in [1.29, 1.82) is 5.26 Å². The molecule has 0 amide bonds. The zero-order valence-corrected chi connectivity index (χ0v) is 8.51. The van der Waals surface area contributed by atoms with Crippen LogP contribution in [0, 0.1) is 11.3 Å². The molecule has 0 aromatic heterocycles. The lowest BCUT2D eigenvalue weighted by Gasteiger charge is -2.11. The monoisotopic (exact) mass is 207 g/mol. The van der Waals surface area contributed by atoms with Gasteiger partial charge in [0.15, 0.2) is 0 Å². The highest BCUT2D eigenvalue weighted by Crippen LogP contribution is 2.12. The Morgan fingerprint density at radius 2 is 2.27 bits per heavy atom. The number of aliphatic hydroxyl groups excluding tert-OH is 1. The van der Waals surface area contributed by atoms with Crippen molar-refractivity contribution in [2.75, 3.05) is 20.3 Å². The lowest BCUT2D eigenvalue weighted by molar-refractivity contribution is 0.0325. The summed E-state index contributed by atoms with van der Waals surface area (Å²) in [4.78, 5) is 0. The highest BCUT2D eigenvalue weighted by Gasteiger charge is 2.04. The van der Waals surface area contributed by atoms with Crippen LogP contribution in [-0.4, -0.2) is 31.5 Å². The summed E-state index contributed by atoms with van der Waals surface area (Å²) in [6.45, 7) is 0.390. The molecule has 1 aromatic rings. The molecular formula is C11H13NO3. The number of hydrogen-bond acceptors (Lipinski definition) is 4. The van der Waals surface area contributed by atoms with Crippen LogP contribution in [0.15, 0.2) is 24.3 Å². The van der Waals surface area contributed by atoms with Gasteiger partial charge in [0.1, 0.15) is 18.5 Å². The molecule has 15 heavy (non-hydrogen) atoms. The molecule has 0 aliphatic rings. The van der Waals surface area contributed by atoms with E-state index in [9.17, 15) is 5.11 Å². The van der Waals surface area contributed by atoms with Crippen molar-refractivity contribution in [2.24, 2.45) is 0 Å². The van der Waals surface area contributed by atoms with Gasteiger partial charge in [-0.2, -0.15) is 5.26 Å². The van der Waals surface area contributed by atoms with Crippen LogP contribution in [0.2, 0.25) is 0 Å². The Bertz CT molecular complexity index is 346. The number of rotatable bonds is 5. The van der Waals surface area contributed by atoms with Crippen LogP contribution in [-0.2, 0) is 4.74 Å². The first kappa shape index (κ1) is 11.5. The molecule has 80 valence electrons. The predicted molar refractivity (Wildman–Crippen MR) is 54.5 cm³/mol. The maximum Gasteiger partial charge on any atom is 0.120 e. The zero-order valence-electron chi connectivity index (χ0n) is 8.51. The molecule has 0 heterocycles. The summed E-state index contributed by atoms with van der Waals surface area (Å²) in [7, 11) is 1.51. The predicted octanol–water partition coefficient (Wildman–Crippen LogP) is 0.944. The fourth-order valence-electron chi connectivity index (χ4n) is 1.09. The molecule has 0 aliphatic heterocycles. The lowest BCUT2D eigenvalue weighted by atomic mass is 10.2. The van der Waals surface area contributed by atoms with Crippen molar-refractivity contribution in [3.63, 3.8) is 0 Å². The van der Waals surface area contributed by atoms with E-state index in [1.54, 1.807) is 24.3 Å². The molecule has 4 heteroatoms. The van der Waals surface area contributed by atoms with Crippen LogP contribution in [0.1, 0.15) is 5.56 Å². The second-order valence-electron chi connectivity index (χ2n) is 3.06. The first-order chi connectivity index (χ1) is 7.26. The van der Waals surface area contributed by atoms with Crippen LogP contribution in [0.4, 0.5) is 0 Å². The van der Waals surface area contributed by atoms with Crippen molar-refractivity contribution < 1.29 is 14.6 Å². The van der Waals surface area contributed by atoms with E-state index in [1.165, 1.54) is 7.11 Å². The molecule has 0 spiro atoms. The second kappa shape index (κ2) is 6.02. The van der Waals surface area contributed by atoms with E-state index in [1.807, 2.05) is 6.07 Å². The van der Waals surface area contributed by atoms with E-state index in [-0.39, 0.29) is 13.2 Å². The molecule has 0 fully saturated rings. The molecule has 0 aliphatic carbocycles. The van der Waals surface area contributed by atoms with Crippen LogP contribution < -0.4 is 4.74 Å². The van der Waals surface area contributed by atoms with Gasteiger partial charge in [0.05, 0.1) is 18.2 Å². The van der Waals surface area contributed by atoms with Crippen LogP contribution in [0.25, 0.3) is 0 Å². The van der Waals surface area contributed by atoms with Crippen molar-refractivity contribution in [2.45, 2.75) is 6.10 Å². The summed E-state index contributed by atoms with van der Waals surface area (Å²) >= 11 is 0. The fourth-order valence-corrected chi connectivity index (χ4v) is 1.09. The minimum absolute atomic E-state index is 0.155. The Kier molecular flexibility index (Phi) is 4.61. The van der Waals surface area contributed by atoms with Crippen LogP contribution >= 0.6 is 0 Å². The minimum atomic E-state index is -0.652. The third-order valence-electron chi connectivity index (χ3n) is 1.76. The summed E-state index contributed by atoms with van der Waals surface area (Å²) in [6.07, 6.45) is -0.652. The van der Waals surface area contributed by atoms with E-state index < -0.39 is 6.10 Å². The first-order valence-corrected chi connectivity index (χ1v) is 4.56. The number of aliphatic hydroxyl groups is 1. The van der Waals surface area contributed by atoms with Gasteiger partial charge in [-0.1, -0.05) is 6.07 Å². The summed E-state index contributed by atoms with van der Waals surface area (Å²) in [6, 6.07) is 8.80. The molecule has 0 saturated carbocycles. The van der Waals surface area contributed by atoms with Crippen molar-refractivity contribution in [3.8, 4) is 11.8 Å². The Labute approximate surface area is 88.7 Å². The minimum Gasteiger partial charge on any atom is -0.491 e. The van der Waals surface area contributed by atoms with E-state index >= 15 is 0 Å². The van der Waals surface area contributed by atoms with Gasteiger partial charge in [-0.25, -0.2) is 0 Å². The van der Waals surface area contributed by atoms with Crippen molar-refractivity contribution in [1.82, 2.24) is 0 Å². The first-order valence-electron chi connectivity index (χ1n) is 4.56. The Balaban J connectivity index is 2.47.